The Kier molecular flexibility index (Phi) is 3.82. The van der Waals surface area contributed by atoms with Crippen LogP contribution in [0.1, 0.15) is 32.6 Å². The molecule has 1 unspecified atom stereocenters. The Morgan fingerprint density at radius 2 is 2.44 bits per heavy atom. The van der Waals surface area contributed by atoms with E-state index in [1.54, 1.807) is 0 Å². The molecule has 0 spiro atoms. The van der Waals surface area contributed by atoms with Gasteiger partial charge in [-0.1, -0.05) is 0 Å². The van der Waals surface area contributed by atoms with Crippen molar-refractivity contribution in [3.05, 3.63) is 0 Å². The molecule has 2 rings (SSSR count). The summed E-state index contributed by atoms with van der Waals surface area (Å²) in [4.78, 5) is 11.9. The monoisotopic (exact) mass is 226 g/mol. The van der Waals surface area contributed by atoms with Gasteiger partial charge < -0.3 is 15.4 Å². The summed E-state index contributed by atoms with van der Waals surface area (Å²) in [5.41, 5.74) is -0.127. The van der Waals surface area contributed by atoms with Crippen LogP contribution in [0.2, 0.25) is 0 Å². The minimum Gasteiger partial charge on any atom is -0.373 e. The van der Waals surface area contributed by atoms with Crippen molar-refractivity contribution in [1.82, 2.24) is 10.6 Å². The van der Waals surface area contributed by atoms with Gasteiger partial charge in [0.05, 0.1) is 11.5 Å². The largest absolute Gasteiger partial charge is 0.373 e. The molecule has 2 heterocycles. The average molecular weight is 226 g/mol. The van der Waals surface area contributed by atoms with E-state index in [-0.39, 0.29) is 17.4 Å². The van der Waals surface area contributed by atoms with Gasteiger partial charge in [0, 0.05) is 19.7 Å². The maximum absolute atomic E-state index is 11.9. The topological polar surface area (TPSA) is 50.4 Å². The Bertz CT molecular complexity index is 243. The van der Waals surface area contributed by atoms with Crippen LogP contribution >= 0.6 is 0 Å². The number of hydrogen-bond donors (Lipinski definition) is 2. The van der Waals surface area contributed by atoms with E-state index in [0.29, 0.717) is 6.54 Å². The third-order valence-corrected chi connectivity index (χ3v) is 3.60. The van der Waals surface area contributed by atoms with Crippen LogP contribution in [0.15, 0.2) is 0 Å². The summed E-state index contributed by atoms with van der Waals surface area (Å²) in [6.07, 6.45) is 4.27. The van der Waals surface area contributed by atoms with Gasteiger partial charge in [-0.05, 0) is 39.2 Å². The molecule has 1 amide bonds. The number of amides is 1. The quantitative estimate of drug-likeness (QED) is 0.743. The van der Waals surface area contributed by atoms with Crippen LogP contribution in [0, 0.1) is 5.92 Å². The number of hydrogen-bond acceptors (Lipinski definition) is 3. The molecule has 92 valence electrons. The maximum Gasteiger partial charge on any atom is 0.224 e. The number of nitrogens with one attached hydrogen (secondary N) is 2. The molecule has 2 aliphatic heterocycles. The SMILES string of the molecule is CC1(CNC(=O)[C@@H]2CCCNC2)CCCO1. The molecule has 0 saturated carbocycles. The van der Waals surface area contributed by atoms with E-state index in [1.165, 1.54) is 0 Å². The standard InChI is InChI=1S/C12H22N2O2/c1-12(5-3-7-16-12)9-14-11(15)10-4-2-6-13-8-10/h10,13H,2-9H2,1H3,(H,14,15)/t10-,12?/m1/s1. The fraction of sp³-hybridized carbons (Fsp3) is 0.917. The highest BCUT2D eigenvalue weighted by molar-refractivity contribution is 5.79. The molecule has 2 fully saturated rings. The Balaban J connectivity index is 1.74. The van der Waals surface area contributed by atoms with Crippen molar-refractivity contribution in [2.24, 2.45) is 5.92 Å². The second kappa shape index (κ2) is 5.15. The van der Waals surface area contributed by atoms with Gasteiger partial charge in [0.2, 0.25) is 5.91 Å². The van der Waals surface area contributed by atoms with Crippen molar-refractivity contribution >= 4 is 5.91 Å². The second-order valence-electron chi connectivity index (χ2n) is 5.16. The van der Waals surface area contributed by atoms with Gasteiger partial charge in [0.25, 0.3) is 0 Å². The summed E-state index contributed by atoms with van der Waals surface area (Å²) in [5, 5.41) is 6.29. The van der Waals surface area contributed by atoms with Crippen molar-refractivity contribution in [2.75, 3.05) is 26.2 Å². The average Bonchev–Trinajstić information content (AvgIpc) is 2.75. The van der Waals surface area contributed by atoms with Crippen molar-refractivity contribution < 1.29 is 9.53 Å². The molecule has 4 heteroatoms. The number of carbonyl (C=O) groups is 1. The number of ether oxygens (including phenoxy) is 1. The Morgan fingerprint density at radius 1 is 1.56 bits per heavy atom. The van der Waals surface area contributed by atoms with Crippen LogP contribution < -0.4 is 10.6 Å². The highest BCUT2D eigenvalue weighted by Crippen LogP contribution is 2.24. The van der Waals surface area contributed by atoms with E-state index >= 15 is 0 Å². The maximum atomic E-state index is 11.9. The van der Waals surface area contributed by atoms with Crippen molar-refractivity contribution in [3.8, 4) is 0 Å². The van der Waals surface area contributed by atoms with Crippen molar-refractivity contribution in [3.63, 3.8) is 0 Å². The van der Waals surface area contributed by atoms with E-state index < -0.39 is 0 Å². The summed E-state index contributed by atoms with van der Waals surface area (Å²) < 4.78 is 5.65. The normalized spacial score (nSPS) is 34.9. The zero-order chi connectivity index (χ0) is 11.4. The van der Waals surface area contributed by atoms with E-state index in [2.05, 4.69) is 17.6 Å². The second-order valence-corrected chi connectivity index (χ2v) is 5.16. The molecule has 4 nitrogen and oxygen atoms in total. The predicted octanol–water partition coefficient (Wildman–Crippen LogP) is 0.671. The molecule has 0 bridgehead atoms. The van der Waals surface area contributed by atoms with E-state index in [1.807, 2.05) is 0 Å². The van der Waals surface area contributed by atoms with Crippen LogP contribution in [-0.4, -0.2) is 37.7 Å². The van der Waals surface area contributed by atoms with E-state index in [4.69, 9.17) is 4.74 Å². The minimum absolute atomic E-state index is 0.127. The van der Waals surface area contributed by atoms with Gasteiger partial charge in [-0.2, -0.15) is 0 Å². The molecular weight excluding hydrogens is 204 g/mol. The first kappa shape index (κ1) is 11.9. The van der Waals surface area contributed by atoms with Gasteiger partial charge in [0.1, 0.15) is 0 Å². The number of piperidine rings is 1. The van der Waals surface area contributed by atoms with Crippen molar-refractivity contribution in [2.45, 2.75) is 38.2 Å². The molecule has 16 heavy (non-hydrogen) atoms. The summed E-state index contributed by atoms with van der Waals surface area (Å²) in [6.45, 7) is 5.44. The lowest BCUT2D eigenvalue weighted by molar-refractivity contribution is -0.126. The lowest BCUT2D eigenvalue weighted by Crippen LogP contribution is -2.45. The lowest BCUT2D eigenvalue weighted by Gasteiger charge is -2.26. The first-order valence-electron chi connectivity index (χ1n) is 6.32. The molecular formula is C12H22N2O2. The molecule has 2 aliphatic rings. The third kappa shape index (κ3) is 2.95. The molecule has 0 radical (unpaired) electrons. The van der Waals surface area contributed by atoms with Crippen LogP contribution in [0.4, 0.5) is 0 Å². The fourth-order valence-corrected chi connectivity index (χ4v) is 2.47. The van der Waals surface area contributed by atoms with Crippen LogP contribution in [-0.2, 0) is 9.53 Å². The van der Waals surface area contributed by atoms with Crippen LogP contribution in [0.5, 0.6) is 0 Å². The van der Waals surface area contributed by atoms with Crippen LogP contribution in [0.25, 0.3) is 0 Å². The first-order valence-corrected chi connectivity index (χ1v) is 6.32. The first-order chi connectivity index (χ1) is 7.70. The van der Waals surface area contributed by atoms with Gasteiger partial charge in [0.15, 0.2) is 0 Å². The smallest absolute Gasteiger partial charge is 0.224 e. The molecule has 0 aromatic rings. The molecule has 0 aliphatic carbocycles. The molecule has 0 aromatic carbocycles. The Morgan fingerprint density at radius 3 is 3.06 bits per heavy atom. The zero-order valence-electron chi connectivity index (χ0n) is 10.1. The molecule has 2 saturated heterocycles. The number of carbonyl (C=O) groups excluding carboxylic acids is 1. The highest BCUT2D eigenvalue weighted by Gasteiger charge is 2.31. The van der Waals surface area contributed by atoms with E-state index in [0.717, 1.165) is 45.4 Å². The number of rotatable bonds is 3. The highest BCUT2D eigenvalue weighted by atomic mass is 16.5. The molecule has 2 atom stereocenters. The zero-order valence-corrected chi connectivity index (χ0v) is 10.1. The van der Waals surface area contributed by atoms with Crippen LogP contribution in [0.3, 0.4) is 0 Å². The summed E-state index contributed by atoms with van der Waals surface area (Å²) in [7, 11) is 0. The van der Waals surface area contributed by atoms with Crippen molar-refractivity contribution in [1.29, 1.82) is 0 Å². The third-order valence-electron chi connectivity index (χ3n) is 3.60. The summed E-state index contributed by atoms with van der Waals surface area (Å²) in [5.74, 6) is 0.336. The van der Waals surface area contributed by atoms with E-state index in [9.17, 15) is 4.79 Å². The fourth-order valence-electron chi connectivity index (χ4n) is 2.47. The van der Waals surface area contributed by atoms with Gasteiger partial charge in [-0.3, -0.25) is 4.79 Å². The lowest BCUT2D eigenvalue weighted by atomic mass is 9.97. The molecule has 0 aromatic heterocycles. The minimum atomic E-state index is -0.127. The predicted molar refractivity (Wildman–Crippen MR) is 62.2 cm³/mol. The van der Waals surface area contributed by atoms with Gasteiger partial charge in [-0.25, -0.2) is 0 Å². The summed E-state index contributed by atoms with van der Waals surface area (Å²) in [6, 6.07) is 0. The Hall–Kier alpha value is -0.610. The van der Waals surface area contributed by atoms with Gasteiger partial charge >= 0.3 is 0 Å². The Labute approximate surface area is 97.1 Å². The van der Waals surface area contributed by atoms with Gasteiger partial charge in [-0.15, -0.1) is 0 Å². The summed E-state index contributed by atoms with van der Waals surface area (Å²) >= 11 is 0. The molecule has 2 N–H and O–H groups in total.